The van der Waals surface area contributed by atoms with Gasteiger partial charge >= 0.3 is 5.97 Å². The third-order valence-electron chi connectivity index (χ3n) is 6.32. The maximum absolute atomic E-state index is 13.1. The standard InChI is InChI=1S/C20H27NO3/c22-19(24-17-8-4-5-9-17)20(23,16-6-2-1-3-7-16)18-14-10-11-15(18)13-21-12-14/h1-3,6-7,14-15,17-18,21,23H,4-5,8-13H2. The van der Waals surface area contributed by atoms with Gasteiger partial charge in [0, 0.05) is 5.92 Å². The van der Waals surface area contributed by atoms with E-state index in [-0.39, 0.29) is 12.0 Å². The Morgan fingerprint density at radius 2 is 1.67 bits per heavy atom. The molecule has 3 aliphatic rings. The Hall–Kier alpha value is -1.39. The summed E-state index contributed by atoms with van der Waals surface area (Å²) in [6.07, 6.45) is 6.21. The van der Waals surface area contributed by atoms with Crippen molar-refractivity contribution < 1.29 is 14.6 Å². The number of benzene rings is 1. The second-order valence-corrected chi connectivity index (χ2v) is 7.73. The summed E-state index contributed by atoms with van der Waals surface area (Å²) >= 11 is 0. The second kappa shape index (κ2) is 6.49. The molecule has 3 unspecified atom stereocenters. The van der Waals surface area contributed by atoms with Crippen LogP contribution in [0.2, 0.25) is 0 Å². The lowest BCUT2D eigenvalue weighted by Crippen LogP contribution is -2.54. The molecule has 1 aromatic carbocycles. The minimum absolute atomic E-state index is 0.0212. The van der Waals surface area contributed by atoms with Crippen LogP contribution in [0.4, 0.5) is 0 Å². The highest BCUT2D eigenvalue weighted by molar-refractivity contribution is 5.82. The van der Waals surface area contributed by atoms with Gasteiger partial charge in [-0.2, -0.15) is 0 Å². The minimum atomic E-state index is -1.52. The molecule has 0 spiro atoms. The van der Waals surface area contributed by atoms with Gasteiger partial charge in [0.2, 0.25) is 0 Å². The first-order chi connectivity index (χ1) is 11.7. The van der Waals surface area contributed by atoms with Crippen LogP contribution in [-0.2, 0) is 15.1 Å². The van der Waals surface area contributed by atoms with E-state index in [0.717, 1.165) is 51.6 Å². The molecule has 4 nitrogen and oxygen atoms in total. The predicted molar refractivity (Wildman–Crippen MR) is 91.3 cm³/mol. The SMILES string of the molecule is O=C(OC1CCCC1)C(O)(c1ccccc1)C1C2CCC1CNC2. The van der Waals surface area contributed by atoms with Crippen LogP contribution in [0.5, 0.6) is 0 Å². The summed E-state index contributed by atoms with van der Waals surface area (Å²) < 4.78 is 5.80. The molecule has 4 rings (SSSR count). The van der Waals surface area contributed by atoms with E-state index in [0.29, 0.717) is 17.4 Å². The van der Waals surface area contributed by atoms with Crippen LogP contribution in [0.1, 0.15) is 44.1 Å². The molecule has 3 fully saturated rings. The average Bonchev–Trinajstić information content (AvgIpc) is 3.21. The van der Waals surface area contributed by atoms with Crippen molar-refractivity contribution in [3.05, 3.63) is 35.9 Å². The summed E-state index contributed by atoms with van der Waals surface area (Å²) in [6.45, 7) is 1.76. The van der Waals surface area contributed by atoms with Crippen molar-refractivity contribution >= 4 is 5.97 Å². The highest BCUT2D eigenvalue weighted by Crippen LogP contribution is 2.50. The maximum atomic E-state index is 13.1. The van der Waals surface area contributed by atoms with Crippen LogP contribution < -0.4 is 5.32 Å². The topological polar surface area (TPSA) is 58.6 Å². The number of carbonyl (C=O) groups excluding carboxylic acids is 1. The zero-order valence-corrected chi connectivity index (χ0v) is 14.1. The molecule has 1 saturated heterocycles. The van der Waals surface area contributed by atoms with E-state index in [9.17, 15) is 9.90 Å². The smallest absolute Gasteiger partial charge is 0.343 e. The fraction of sp³-hybridized carbons (Fsp3) is 0.650. The van der Waals surface area contributed by atoms with E-state index < -0.39 is 11.6 Å². The van der Waals surface area contributed by atoms with E-state index in [4.69, 9.17) is 4.74 Å². The first-order valence-electron chi connectivity index (χ1n) is 9.39. The van der Waals surface area contributed by atoms with Crippen LogP contribution in [0.3, 0.4) is 0 Å². The van der Waals surface area contributed by atoms with Gasteiger partial charge in [-0.25, -0.2) is 4.79 Å². The highest BCUT2D eigenvalue weighted by Gasteiger charge is 2.56. The molecular weight excluding hydrogens is 302 g/mol. The minimum Gasteiger partial charge on any atom is -0.460 e. The molecule has 3 atom stereocenters. The summed E-state index contributed by atoms with van der Waals surface area (Å²) in [4.78, 5) is 13.1. The molecule has 24 heavy (non-hydrogen) atoms. The predicted octanol–water partition coefficient (Wildman–Crippen LogP) is 2.61. The van der Waals surface area contributed by atoms with Crippen LogP contribution in [0.15, 0.2) is 30.3 Å². The van der Waals surface area contributed by atoms with Crippen molar-refractivity contribution in [2.45, 2.75) is 50.2 Å². The average molecular weight is 329 g/mol. The van der Waals surface area contributed by atoms with Gasteiger partial charge in [0.25, 0.3) is 0 Å². The number of fused-ring (bicyclic) bond motifs is 2. The van der Waals surface area contributed by atoms with Crippen LogP contribution in [0, 0.1) is 17.8 Å². The zero-order valence-electron chi connectivity index (χ0n) is 14.1. The fourth-order valence-corrected chi connectivity index (χ4v) is 5.15. The Kier molecular flexibility index (Phi) is 4.35. The third kappa shape index (κ3) is 2.66. The number of nitrogens with one attached hydrogen (secondary N) is 1. The molecule has 0 amide bonds. The molecule has 1 aromatic rings. The van der Waals surface area contributed by atoms with Crippen molar-refractivity contribution in [3.63, 3.8) is 0 Å². The normalized spacial score (nSPS) is 32.5. The number of carbonyl (C=O) groups is 1. The summed E-state index contributed by atoms with van der Waals surface area (Å²) in [5, 5.41) is 15.2. The summed E-state index contributed by atoms with van der Waals surface area (Å²) in [5.74, 6) is 0.203. The molecule has 2 N–H and O–H groups in total. The lowest BCUT2D eigenvalue weighted by Gasteiger charge is -2.42. The van der Waals surface area contributed by atoms with Gasteiger partial charge in [-0.1, -0.05) is 30.3 Å². The van der Waals surface area contributed by atoms with Crippen LogP contribution in [0.25, 0.3) is 0 Å². The number of esters is 1. The van der Waals surface area contributed by atoms with Crippen LogP contribution >= 0.6 is 0 Å². The van der Waals surface area contributed by atoms with Gasteiger partial charge in [0.15, 0.2) is 5.60 Å². The van der Waals surface area contributed by atoms with Gasteiger partial charge in [0.05, 0.1) is 0 Å². The lowest BCUT2D eigenvalue weighted by atomic mass is 9.70. The van der Waals surface area contributed by atoms with E-state index in [1.807, 2.05) is 30.3 Å². The summed E-state index contributed by atoms with van der Waals surface area (Å²) in [5.41, 5.74) is -0.825. The van der Waals surface area contributed by atoms with Gasteiger partial charge in [-0.3, -0.25) is 0 Å². The van der Waals surface area contributed by atoms with Gasteiger partial charge in [0.1, 0.15) is 6.10 Å². The summed E-state index contributed by atoms with van der Waals surface area (Å²) in [6, 6.07) is 9.45. The fourth-order valence-electron chi connectivity index (χ4n) is 5.15. The summed E-state index contributed by atoms with van der Waals surface area (Å²) in [7, 11) is 0. The Morgan fingerprint density at radius 1 is 1.04 bits per heavy atom. The highest BCUT2D eigenvalue weighted by atomic mass is 16.6. The number of ether oxygens (including phenoxy) is 1. The van der Waals surface area contributed by atoms with Crippen molar-refractivity contribution in [3.8, 4) is 0 Å². The van der Waals surface area contributed by atoms with E-state index >= 15 is 0 Å². The Bertz CT molecular complexity index is 568. The lowest BCUT2D eigenvalue weighted by molar-refractivity contribution is -0.184. The Morgan fingerprint density at radius 3 is 2.29 bits per heavy atom. The van der Waals surface area contributed by atoms with Crippen molar-refractivity contribution in [1.82, 2.24) is 5.32 Å². The zero-order chi connectivity index (χ0) is 16.6. The molecule has 1 aliphatic heterocycles. The van der Waals surface area contributed by atoms with Gasteiger partial charge in [-0.15, -0.1) is 0 Å². The molecular formula is C20H27NO3. The van der Waals surface area contributed by atoms with E-state index in [2.05, 4.69) is 5.32 Å². The molecule has 0 aromatic heterocycles. The Labute approximate surface area is 143 Å². The molecule has 4 heteroatoms. The second-order valence-electron chi connectivity index (χ2n) is 7.73. The largest absolute Gasteiger partial charge is 0.460 e. The van der Waals surface area contributed by atoms with Crippen molar-refractivity contribution in [2.75, 3.05) is 13.1 Å². The number of aliphatic hydroxyl groups is 1. The third-order valence-corrected chi connectivity index (χ3v) is 6.32. The molecule has 2 aliphatic carbocycles. The molecule has 2 saturated carbocycles. The first-order valence-corrected chi connectivity index (χ1v) is 9.39. The quantitative estimate of drug-likeness (QED) is 0.834. The van der Waals surface area contributed by atoms with Gasteiger partial charge in [-0.05, 0) is 69.0 Å². The molecule has 2 bridgehead atoms. The molecule has 130 valence electrons. The monoisotopic (exact) mass is 329 g/mol. The number of rotatable bonds is 4. The maximum Gasteiger partial charge on any atom is 0.343 e. The van der Waals surface area contributed by atoms with Crippen LogP contribution in [-0.4, -0.2) is 30.3 Å². The van der Waals surface area contributed by atoms with Crippen molar-refractivity contribution in [1.29, 1.82) is 0 Å². The molecule has 1 heterocycles. The Balaban J connectivity index is 1.68. The first kappa shape index (κ1) is 16.1. The number of hydrogen-bond acceptors (Lipinski definition) is 4. The van der Waals surface area contributed by atoms with Gasteiger partial charge < -0.3 is 15.2 Å². The van der Waals surface area contributed by atoms with E-state index in [1.54, 1.807) is 0 Å². The van der Waals surface area contributed by atoms with Crippen molar-refractivity contribution in [2.24, 2.45) is 17.8 Å². The number of piperidine rings is 1. The van der Waals surface area contributed by atoms with E-state index in [1.165, 1.54) is 0 Å². The number of hydrogen-bond donors (Lipinski definition) is 2. The molecule has 0 radical (unpaired) electrons.